The summed E-state index contributed by atoms with van der Waals surface area (Å²) in [5, 5.41) is 0. The summed E-state index contributed by atoms with van der Waals surface area (Å²) in [5.41, 5.74) is 0. The first-order chi connectivity index (χ1) is 10.2. The highest BCUT2D eigenvalue weighted by atomic mass is 32.1. The Labute approximate surface area is 137 Å². The lowest BCUT2D eigenvalue weighted by molar-refractivity contribution is -0.141. The highest BCUT2D eigenvalue weighted by molar-refractivity contribution is 7.81. The van der Waals surface area contributed by atoms with Crippen molar-refractivity contribution in [3.8, 4) is 0 Å². The molecule has 0 aliphatic heterocycles. The second-order valence-electron chi connectivity index (χ2n) is 6.11. The molecule has 3 heteroatoms. The minimum atomic E-state index is -0.181. The van der Waals surface area contributed by atoms with Gasteiger partial charge in [-0.15, -0.1) is 0 Å². The van der Waals surface area contributed by atoms with E-state index in [1.165, 1.54) is 77.0 Å². The van der Waals surface area contributed by atoms with E-state index in [9.17, 15) is 4.79 Å². The second kappa shape index (κ2) is 16.2. The first-order valence-electron chi connectivity index (χ1n) is 9.01. The van der Waals surface area contributed by atoms with Gasteiger partial charge in [0.15, 0.2) is 0 Å². The number of carbonyl (C=O) groups is 1. The van der Waals surface area contributed by atoms with E-state index < -0.39 is 0 Å². The smallest absolute Gasteiger partial charge is 0.315 e. The van der Waals surface area contributed by atoms with Gasteiger partial charge in [0.2, 0.25) is 0 Å². The molecule has 0 aliphatic carbocycles. The van der Waals surface area contributed by atoms with E-state index in [0.717, 1.165) is 0 Å². The molecule has 0 saturated carbocycles. The zero-order valence-corrected chi connectivity index (χ0v) is 15.1. The van der Waals surface area contributed by atoms with Crippen molar-refractivity contribution in [1.82, 2.24) is 0 Å². The van der Waals surface area contributed by atoms with Crippen molar-refractivity contribution in [2.75, 3.05) is 12.4 Å². The van der Waals surface area contributed by atoms with Crippen molar-refractivity contribution in [3.63, 3.8) is 0 Å². The highest BCUT2D eigenvalue weighted by Gasteiger charge is 2.11. The molecule has 0 saturated heterocycles. The van der Waals surface area contributed by atoms with Crippen LogP contribution in [0, 0.1) is 5.92 Å². The average Bonchev–Trinajstić information content (AvgIpc) is 2.51. The number of hydrogen-bond acceptors (Lipinski definition) is 3. The summed E-state index contributed by atoms with van der Waals surface area (Å²) >= 11 is 3.96. The Morgan fingerprint density at radius 3 is 1.86 bits per heavy atom. The number of ether oxygens (including phenoxy) is 1. The van der Waals surface area contributed by atoms with Crippen molar-refractivity contribution < 1.29 is 9.53 Å². The van der Waals surface area contributed by atoms with Gasteiger partial charge in [0, 0.05) is 0 Å². The Kier molecular flexibility index (Phi) is 16.1. The summed E-state index contributed by atoms with van der Waals surface area (Å²) in [6.45, 7) is 5.09. The third-order valence-corrected chi connectivity index (χ3v) is 4.30. The van der Waals surface area contributed by atoms with E-state index in [0.29, 0.717) is 12.5 Å². The number of thiol groups is 1. The zero-order chi connectivity index (χ0) is 15.8. The molecule has 0 aromatic carbocycles. The molecule has 21 heavy (non-hydrogen) atoms. The van der Waals surface area contributed by atoms with Crippen LogP contribution in [0.4, 0.5) is 0 Å². The van der Waals surface area contributed by atoms with Crippen LogP contribution in [0.1, 0.15) is 90.9 Å². The van der Waals surface area contributed by atoms with Crippen LogP contribution in [0.5, 0.6) is 0 Å². The Morgan fingerprint density at radius 2 is 1.33 bits per heavy atom. The first-order valence-corrected chi connectivity index (χ1v) is 9.64. The Balaban J connectivity index is 3.80. The molecule has 0 spiro atoms. The summed E-state index contributed by atoms with van der Waals surface area (Å²) < 4.78 is 5.29. The SMILES string of the molecule is CCCCCCCCC(CCCCCC)COC(=O)CS. The fraction of sp³-hybridized carbons (Fsp3) is 0.944. The monoisotopic (exact) mass is 316 g/mol. The molecule has 1 atom stereocenters. The van der Waals surface area contributed by atoms with Gasteiger partial charge in [0.1, 0.15) is 0 Å². The minimum Gasteiger partial charge on any atom is -0.465 e. The van der Waals surface area contributed by atoms with Gasteiger partial charge in [-0.3, -0.25) is 4.79 Å². The van der Waals surface area contributed by atoms with Crippen molar-refractivity contribution in [3.05, 3.63) is 0 Å². The van der Waals surface area contributed by atoms with Gasteiger partial charge >= 0.3 is 5.97 Å². The second-order valence-corrected chi connectivity index (χ2v) is 6.43. The van der Waals surface area contributed by atoms with E-state index in [1.54, 1.807) is 0 Å². The average molecular weight is 317 g/mol. The molecule has 0 heterocycles. The maximum Gasteiger partial charge on any atom is 0.315 e. The highest BCUT2D eigenvalue weighted by Crippen LogP contribution is 2.19. The van der Waals surface area contributed by atoms with E-state index in [2.05, 4.69) is 26.5 Å². The minimum absolute atomic E-state index is 0.181. The van der Waals surface area contributed by atoms with Crippen LogP contribution in [0.25, 0.3) is 0 Å². The third kappa shape index (κ3) is 14.5. The number of carbonyl (C=O) groups excluding carboxylic acids is 1. The Bertz CT molecular complexity index is 231. The summed E-state index contributed by atoms with van der Waals surface area (Å²) in [6, 6.07) is 0. The number of hydrogen-bond donors (Lipinski definition) is 1. The van der Waals surface area contributed by atoms with Crippen LogP contribution in [-0.4, -0.2) is 18.3 Å². The van der Waals surface area contributed by atoms with Gasteiger partial charge in [-0.1, -0.05) is 78.1 Å². The Hall–Kier alpha value is -0.180. The lowest BCUT2D eigenvalue weighted by atomic mass is 9.95. The molecule has 0 rings (SSSR count). The van der Waals surface area contributed by atoms with Crippen LogP contribution in [0.3, 0.4) is 0 Å². The molecule has 0 amide bonds. The normalized spacial score (nSPS) is 12.3. The van der Waals surface area contributed by atoms with Gasteiger partial charge in [-0.25, -0.2) is 0 Å². The van der Waals surface area contributed by atoms with Gasteiger partial charge in [0.25, 0.3) is 0 Å². The van der Waals surface area contributed by atoms with Gasteiger partial charge in [-0.05, 0) is 18.8 Å². The molecule has 0 aliphatic rings. The lowest BCUT2D eigenvalue weighted by Crippen LogP contribution is -2.15. The predicted octanol–water partition coefficient (Wildman–Crippen LogP) is 5.80. The molecule has 0 aromatic heterocycles. The zero-order valence-electron chi connectivity index (χ0n) is 14.2. The lowest BCUT2D eigenvalue weighted by Gasteiger charge is -2.17. The van der Waals surface area contributed by atoms with Crippen molar-refractivity contribution >= 4 is 18.6 Å². The standard InChI is InChI=1S/C18H36O2S/c1-3-5-7-9-10-12-14-17(13-11-8-6-4-2)15-20-18(19)16-21/h17,21H,3-16H2,1-2H3. The summed E-state index contributed by atoms with van der Waals surface area (Å²) in [5.74, 6) is 0.566. The summed E-state index contributed by atoms with van der Waals surface area (Å²) in [4.78, 5) is 11.2. The van der Waals surface area contributed by atoms with Gasteiger partial charge < -0.3 is 4.74 Å². The molecule has 2 nitrogen and oxygen atoms in total. The molecule has 1 unspecified atom stereocenters. The molecule has 0 fully saturated rings. The van der Waals surface area contributed by atoms with Gasteiger partial charge in [0.05, 0.1) is 12.4 Å². The number of esters is 1. The first kappa shape index (κ1) is 20.8. The van der Waals surface area contributed by atoms with E-state index in [-0.39, 0.29) is 11.7 Å². The maximum absolute atomic E-state index is 11.2. The fourth-order valence-corrected chi connectivity index (χ4v) is 2.73. The number of unbranched alkanes of at least 4 members (excludes halogenated alkanes) is 8. The quantitative estimate of drug-likeness (QED) is 0.235. The van der Waals surface area contributed by atoms with Gasteiger partial charge in [-0.2, -0.15) is 12.6 Å². The topological polar surface area (TPSA) is 26.3 Å². The van der Waals surface area contributed by atoms with E-state index in [4.69, 9.17) is 4.74 Å². The summed E-state index contributed by atoms with van der Waals surface area (Å²) in [7, 11) is 0. The molecular weight excluding hydrogens is 280 g/mol. The third-order valence-electron chi connectivity index (χ3n) is 4.04. The molecule has 126 valence electrons. The van der Waals surface area contributed by atoms with Crippen LogP contribution < -0.4 is 0 Å². The fourth-order valence-electron chi connectivity index (χ4n) is 2.64. The maximum atomic E-state index is 11.2. The van der Waals surface area contributed by atoms with Crippen LogP contribution in [-0.2, 0) is 9.53 Å². The van der Waals surface area contributed by atoms with E-state index in [1.807, 2.05) is 0 Å². The Morgan fingerprint density at radius 1 is 0.857 bits per heavy atom. The van der Waals surface area contributed by atoms with Crippen molar-refractivity contribution in [2.45, 2.75) is 90.9 Å². The van der Waals surface area contributed by atoms with Crippen LogP contribution >= 0.6 is 12.6 Å². The van der Waals surface area contributed by atoms with Crippen molar-refractivity contribution in [1.29, 1.82) is 0 Å². The summed E-state index contributed by atoms with van der Waals surface area (Å²) in [6.07, 6.45) is 15.6. The molecule has 0 radical (unpaired) electrons. The van der Waals surface area contributed by atoms with E-state index >= 15 is 0 Å². The largest absolute Gasteiger partial charge is 0.465 e. The number of rotatable bonds is 15. The van der Waals surface area contributed by atoms with Crippen LogP contribution in [0.2, 0.25) is 0 Å². The van der Waals surface area contributed by atoms with Crippen LogP contribution in [0.15, 0.2) is 0 Å². The molecule has 0 aromatic rings. The molecule has 0 bridgehead atoms. The van der Waals surface area contributed by atoms with Crippen molar-refractivity contribution in [2.24, 2.45) is 5.92 Å². The molecule has 0 N–H and O–H groups in total. The molecular formula is C18H36O2S. The predicted molar refractivity (Wildman–Crippen MR) is 95.1 cm³/mol.